The van der Waals surface area contributed by atoms with Crippen molar-refractivity contribution in [1.82, 2.24) is 9.97 Å². The Hall–Kier alpha value is -5.15. The van der Waals surface area contributed by atoms with Crippen LogP contribution in [-0.4, -0.2) is 9.97 Å². The molecule has 3 aromatic heterocycles. The number of rotatable bonds is 6. The van der Waals surface area contributed by atoms with Gasteiger partial charge in [0.2, 0.25) is 0 Å². The van der Waals surface area contributed by atoms with Crippen molar-refractivity contribution in [2.45, 2.75) is 81.7 Å². The van der Waals surface area contributed by atoms with Gasteiger partial charge in [-0.3, -0.25) is 0 Å². The SMILES string of the molecule is [2H]C([2H])([2H])c1c[c-]c(-c2ccc(C([2H])([2H])C(C)(C)C)cn2)cc1.[2H]C([2H])([2H])c1cc(-c2cc(-c3[c-]ccc4c3oc3ccccc34)ncc2C([2H])([2H])[2H])c(C([2H])([2H])[2H])cc1-c1ccc(C([2H])([2H])C(C)(C)C)cc1.[Ir]. The quantitative estimate of drug-likeness (QED) is 0.156. The summed E-state index contributed by atoms with van der Waals surface area (Å²) in [5.74, 6) is 0. The third-order valence-corrected chi connectivity index (χ3v) is 9.03. The molecule has 1 radical (unpaired) electrons. The molecule has 0 atom stereocenters. The maximum absolute atomic E-state index is 8.64. The van der Waals surface area contributed by atoms with Crippen LogP contribution < -0.4 is 0 Å². The van der Waals surface area contributed by atoms with Gasteiger partial charge in [0.1, 0.15) is 5.58 Å². The van der Waals surface area contributed by atoms with Crippen molar-refractivity contribution < 1.29 is 46.5 Å². The number of benzene rings is 5. The Balaban J connectivity index is 0.000000312. The van der Waals surface area contributed by atoms with Crippen LogP contribution >= 0.6 is 0 Å². The summed E-state index contributed by atoms with van der Waals surface area (Å²) < 4.78 is 138. The number of aryl methyl sites for hydroxylation is 4. The zero-order chi connectivity index (χ0) is 54.1. The Morgan fingerprint density at radius 2 is 1.29 bits per heavy atom. The minimum absolute atomic E-state index is 0. The first-order valence-electron chi connectivity index (χ1n) is 26.6. The summed E-state index contributed by atoms with van der Waals surface area (Å²) in [5, 5.41) is 1.65. The Bertz CT molecular complexity index is 3280. The molecule has 4 heteroatoms. The molecule has 0 saturated carbocycles. The largest absolute Gasteiger partial charge is 0.501 e. The summed E-state index contributed by atoms with van der Waals surface area (Å²) in [4.78, 5) is 8.77. The second kappa shape index (κ2) is 17.4. The van der Waals surface area contributed by atoms with Crippen LogP contribution in [0.1, 0.15) is 96.9 Å². The molecule has 0 aliphatic heterocycles. The van der Waals surface area contributed by atoms with E-state index in [9.17, 15) is 0 Å². The minimum Gasteiger partial charge on any atom is -0.501 e. The van der Waals surface area contributed by atoms with Crippen LogP contribution in [0, 0.1) is 50.4 Å². The van der Waals surface area contributed by atoms with Gasteiger partial charge >= 0.3 is 0 Å². The first kappa shape index (κ1) is 26.1. The summed E-state index contributed by atoms with van der Waals surface area (Å²) in [6.45, 7) is 0.484. The van der Waals surface area contributed by atoms with E-state index in [1.54, 1.807) is 75.4 Å². The molecule has 0 saturated heterocycles. The van der Waals surface area contributed by atoms with E-state index < -0.39 is 51.0 Å². The normalized spacial score (nSPS) is 17.1. The van der Waals surface area contributed by atoms with E-state index in [-0.39, 0.29) is 64.7 Å². The van der Waals surface area contributed by atoms with E-state index in [2.05, 4.69) is 22.1 Å². The number of fused-ring (bicyclic) bond motifs is 3. The van der Waals surface area contributed by atoms with Crippen molar-refractivity contribution in [3.8, 4) is 44.8 Å². The molecule has 8 aromatic rings. The molecule has 3 heterocycles. The van der Waals surface area contributed by atoms with Crippen LogP contribution in [0.15, 0.2) is 126 Å². The molecule has 0 bridgehead atoms. The molecule has 8 rings (SSSR count). The molecule has 3 nitrogen and oxygen atoms in total. The smallest absolute Gasteiger partial charge is 0.120 e. The number of hydrogen-bond donors (Lipinski definition) is 0. The molecule has 58 heavy (non-hydrogen) atoms. The standard InChI is InChI=1S/C37H34NO.C17H20N.Ir/c1-23-19-32(24(2)18-31(23)27-16-14-26(15-17-27)21-37(4,5)6)33-20-34(38-22-25(33)3)30-12-9-11-29-28-10-7-8-13-35(28)39-36(29)30;1-13-5-8-15(9-6-13)16-10-7-14(12-18-16)11-17(2,3)4;/h7-11,13-20,22H,21H2,1-6H3;5-8,10,12H,11H2,1-4H3;/q2*-1;/i1D3,2D3,3D3,21D2;1D3,11D2;. The van der Waals surface area contributed by atoms with Crippen LogP contribution in [-0.2, 0) is 32.9 Å². The van der Waals surface area contributed by atoms with Crippen molar-refractivity contribution in [3.05, 3.63) is 167 Å². The molecular weight excluding hydrogens is 885 g/mol. The van der Waals surface area contributed by atoms with E-state index in [1.807, 2.05) is 51.1 Å². The summed E-state index contributed by atoms with van der Waals surface area (Å²) in [5.41, 5.74) is 2.70. The monoisotopic (exact) mass is 955 g/mol. The van der Waals surface area contributed by atoms with Crippen LogP contribution in [0.25, 0.3) is 66.7 Å². The molecule has 0 spiro atoms. The van der Waals surface area contributed by atoms with Gasteiger partial charge in [-0.05, 0) is 112 Å². The molecule has 0 unspecified atom stereocenters. The fraction of sp³-hybridized carbons (Fsp3) is 0.259. The van der Waals surface area contributed by atoms with Crippen molar-refractivity contribution in [2.24, 2.45) is 10.8 Å². The predicted octanol–water partition coefficient (Wildman–Crippen LogP) is 14.7. The van der Waals surface area contributed by atoms with E-state index >= 15 is 0 Å². The molecule has 0 fully saturated rings. The fourth-order valence-electron chi connectivity index (χ4n) is 6.57. The molecule has 0 aliphatic rings. The van der Waals surface area contributed by atoms with Gasteiger partial charge in [-0.2, -0.15) is 0 Å². The average molecular weight is 955 g/mol. The van der Waals surface area contributed by atoms with Gasteiger partial charge < -0.3 is 14.4 Å². The number of furan rings is 1. The van der Waals surface area contributed by atoms with Gasteiger partial charge in [0.05, 0.1) is 5.58 Å². The van der Waals surface area contributed by atoms with Crippen molar-refractivity contribution in [3.63, 3.8) is 0 Å². The van der Waals surface area contributed by atoms with Gasteiger partial charge in [0, 0.05) is 59.8 Å². The zero-order valence-corrected chi connectivity index (χ0v) is 35.6. The van der Waals surface area contributed by atoms with Gasteiger partial charge in [-0.25, -0.2) is 0 Å². The molecule has 5 aromatic carbocycles. The van der Waals surface area contributed by atoms with Gasteiger partial charge in [0.15, 0.2) is 0 Å². The minimum atomic E-state index is -2.79. The number of nitrogens with zero attached hydrogens (tertiary/aromatic N) is 2. The Labute approximate surface area is 381 Å². The third-order valence-electron chi connectivity index (χ3n) is 9.03. The summed E-state index contributed by atoms with van der Waals surface area (Å²) >= 11 is 0. The zero-order valence-electron chi connectivity index (χ0n) is 49.2. The summed E-state index contributed by atoms with van der Waals surface area (Å²) in [6.07, 6.45) is -0.498. The number of hydrogen-bond acceptors (Lipinski definition) is 3. The van der Waals surface area contributed by atoms with Gasteiger partial charge in [0.25, 0.3) is 0 Å². The van der Waals surface area contributed by atoms with Crippen LogP contribution in [0.3, 0.4) is 0 Å². The maximum atomic E-state index is 8.64. The van der Waals surface area contributed by atoms with Crippen LogP contribution in [0.2, 0.25) is 0 Å². The van der Waals surface area contributed by atoms with Crippen molar-refractivity contribution in [1.29, 1.82) is 0 Å². The Kier molecular flexibility index (Phi) is 7.80. The molecule has 297 valence electrons. The number of aromatic nitrogens is 2. The van der Waals surface area contributed by atoms with Crippen molar-refractivity contribution >= 4 is 21.9 Å². The summed E-state index contributed by atoms with van der Waals surface area (Å²) in [7, 11) is 0. The van der Waals surface area contributed by atoms with E-state index in [4.69, 9.17) is 26.3 Å². The first-order chi connectivity index (χ1) is 33.5. The van der Waals surface area contributed by atoms with Gasteiger partial charge in [-0.1, -0.05) is 132 Å². The second-order valence-electron chi connectivity index (χ2n) is 16.0. The van der Waals surface area contributed by atoms with Crippen LogP contribution in [0.4, 0.5) is 0 Å². The third kappa shape index (κ3) is 9.92. The Morgan fingerprint density at radius 1 is 0.621 bits per heavy atom. The van der Waals surface area contributed by atoms with E-state index in [0.29, 0.717) is 44.7 Å². The van der Waals surface area contributed by atoms with Crippen LogP contribution in [0.5, 0.6) is 0 Å². The first-order valence-corrected chi connectivity index (χ1v) is 18.6. The Morgan fingerprint density at radius 3 is 1.97 bits per heavy atom. The number of pyridine rings is 2. The second-order valence-corrected chi connectivity index (χ2v) is 16.0. The molecule has 0 N–H and O–H groups in total. The molecular formula is C54H54IrN2O-2. The summed E-state index contributed by atoms with van der Waals surface area (Å²) in [6, 6.07) is 35.5. The molecule has 0 amide bonds. The average Bonchev–Trinajstić information content (AvgIpc) is 3.68. The van der Waals surface area contributed by atoms with E-state index in [1.165, 1.54) is 36.7 Å². The van der Waals surface area contributed by atoms with Gasteiger partial charge in [-0.15, -0.1) is 53.6 Å². The fourth-order valence-corrected chi connectivity index (χ4v) is 6.57. The topological polar surface area (TPSA) is 38.9 Å². The predicted molar refractivity (Wildman–Crippen MR) is 240 cm³/mol. The van der Waals surface area contributed by atoms with E-state index in [0.717, 1.165) is 10.8 Å². The maximum Gasteiger partial charge on any atom is 0.120 e. The number of para-hydroxylation sites is 1. The van der Waals surface area contributed by atoms with Crippen molar-refractivity contribution in [2.75, 3.05) is 0 Å². The molecule has 0 aliphatic carbocycles.